The zero-order chi connectivity index (χ0) is 12.5. The first-order chi connectivity index (χ1) is 8.09. The standard InChI is InChI=1S/C14H20N2O/c1-3-11-7-5-6-8-12(11)13(17)16-9-14(15,4-2)10-16/h5-8H,3-4,9-10,15H2,1-2H3. The van der Waals surface area contributed by atoms with Crippen LogP contribution in [-0.2, 0) is 6.42 Å². The van der Waals surface area contributed by atoms with Crippen LogP contribution in [0.5, 0.6) is 0 Å². The highest BCUT2D eigenvalue weighted by Crippen LogP contribution is 2.24. The third-order valence-electron chi connectivity index (χ3n) is 3.63. The van der Waals surface area contributed by atoms with E-state index in [1.165, 1.54) is 0 Å². The van der Waals surface area contributed by atoms with Crippen LogP contribution in [0.25, 0.3) is 0 Å². The summed E-state index contributed by atoms with van der Waals surface area (Å²) in [6.45, 7) is 5.50. The fourth-order valence-electron chi connectivity index (χ4n) is 2.29. The molecule has 0 radical (unpaired) electrons. The summed E-state index contributed by atoms with van der Waals surface area (Å²) >= 11 is 0. The summed E-state index contributed by atoms with van der Waals surface area (Å²) in [6, 6.07) is 7.82. The molecule has 2 rings (SSSR count). The SMILES string of the molecule is CCc1ccccc1C(=O)N1CC(N)(CC)C1. The zero-order valence-electron chi connectivity index (χ0n) is 10.6. The van der Waals surface area contributed by atoms with E-state index in [-0.39, 0.29) is 11.4 Å². The minimum absolute atomic E-state index is 0.122. The predicted molar refractivity (Wildman–Crippen MR) is 68.9 cm³/mol. The second-order valence-electron chi connectivity index (χ2n) is 4.89. The van der Waals surface area contributed by atoms with Gasteiger partial charge in [-0.3, -0.25) is 4.79 Å². The fraction of sp³-hybridized carbons (Fsp3) is 0.500. The molecule has 0 spiro atoms. The molecule has 1 amide bonds. The van der Waals surface area contributed by atoms with Gasteiger partial charge in [0, 0.05) is 18.7 Å². The summed E-state index contributed by atoms with van der Waals surface area (Å²) in [5.41, 5.74) is 7.87. The monoisotopic (exact) mass is 232 g/mol. The zero-order valence-corrected chi connectivity index (χ0v) is 10.6. The Labute approximate surface area is 103 Å². The van der Waals surface area contributed by atoms with Crippen molar-refractivity contribution in [2.24, 2.45) is 5.73 Å². The van der Waals surface area contributed by atoms with E-state index >= 15 is 0 Å². The van der Waals surface area contributed by atoms with E-state index in [4.69, 9.17) is 5.73 Å². The van der Waals surface area contributed by atoms with Crippen molar-refractivity contribution in [2.75, 3.05) is 13.1 Å². The fourth-order valence-corrected chi connectivity index (χ4v) is 2.29. The van der Waals surface area contributed by atoms with Crippen molar-refractivity contribution in [3.63, 3.8) is 0 Å². The van der Waals surface area contributed by atoms with E-state index < -0.39 is 0 Å². The summed E-state index contributed by atoms with van der Waals surface area (Å²) in [7, 11) is 0. The number of carbonyl (C=O) groups excluding carboxylic acids is 1. The van der Waals surface area contributed by atoms with Gasteiger partial charge < -0.3 is 10.6 Å². The highest BCUT2D eigenvalue weighted by Gasteiger charge is 2.40. The van der Waals surface area contributed by atoms with Crippen LogP contribution < -0.4 is 5.73 Å². The van der Waals surface area contributed by atoms with Gasteiger partial charge in [0.2, 0.25) is 0 Å². The number of hydrogen-bond acceptors (Lipinski definition) is 2. The topological polar surface area (TPSA) is 46.3 Å². The van der Waals surface area contributed by atoms with Crippen LogP contribution in [0.2, 0.25) is 0 Å². The Morgan fingerprint density at radius 2 is 2.00 bits per heavy atom. The minimum Gasteiger partial charge on any atom is -0.335 e. The maximum absolute atomic E-state index is 12.3. The van der Waals surface area contributed by atoms with Crippen LogP contribution >= 0.6 is 0 Å². The first-order valence-electron chi connectivity index (χ1n) is 6.25. The Hall–Kier alpha value is -1.35. The maximum atomic E-state index is 12.3. The van der Waals surface area contributed by atoms with Gasteiger partial charge in [-0.25, -0.2) is 0 Å². The molecule has 1 aromatic carbocycles. The summed E-state index contributed by atoms with van der Waals surface area (Å²) < 4.78 is 0. The number of nitrogens with zero attached hydrogens (tertiary/aromatic N) is 1. The molecule has 17 heavy (non-hydrogen) atoms. The summed E-state index contributed by atoms with van der Waals surface area (Å²) in [4.78, 5) is 14.1. The van der Waals surface area contributed by atoms with Crippen molar-refractivity contribution < 1.29 is 4.79 Å². The highest BCUT2D eigenvalue weighted by molar-refractivity contribution is 5.96. The lowest BCUT2D eigenvalue weighted by atomic mass is 9.87. The molecule has 92 valence electrons. The van der Waals surface area contributed by atoms with Crippen molar-refractivity contribution >= 4 is 5.91 Å². The van der Waals surface area contributed by atoms with Crippen LogP contribution in [-0.4, -0.2) is 29.4 Å². The van der Waals surface area contributed by atoms with Crippen LogP contribution in [0.3, 0.4) is 0 Å². The lowest BCUT2D eigenvalue weighted by molar-refractivity contribution is 0.0400. The molecule has 2 N–H and O–H groups in total. The van der Waals surface area contributed by atoms with Crippen LogP contribution in [0.1, 0.15) is 36.2 Å². The molecule has 1 heterocycles. The van der Waals surface area contributed by atoms with E-state index in [1.807, 2.05) is 29.2 Å². The third-order valence-corrected chi connectivity index (χ3v) is 3.63. The number of carbonyl (C=O) groups is 1. The molecular weight excluding hydrogens is 212 g/mol. The molecule has 1 aliphatic rings. The predicted octanol–water partition coefficient (Wildman–Crippen LogP) is 1.81. The van der Waals surface area contributed by atoms with Crippen molar-refractivity contribution in [1.82, 2.24) is 4.90 Å². The minimum atomic E-state index is -0.156. The lowest BCUT2D eigenvalue weighted by Gasteiger charge is -2.47. The molecule has 1 aromatic rings. The van der Waals surface area contributed by atoms with Crippen LogP contribution in [0, 0.1) is 0 Å². The van der Waals surface area contributed by atoms with Gasteiger partial charge in [0.05, 0.1) is 5.54 Å². The molecule has 0 atom stereocenters. The Morgan fingerprint density at radius 1 is 1.35 bits per heavy atom. The maximum Gasteiger partial charge on any atom is 0.254 e. The summed E-state index contributed by atoms with van der Waals surface area (Å²) in [6.07, 6.45) is 1.81. The molecule has 1 aliphatic heterocycles. The molecule has 0 aromatic heterocycles. The largest absolute Gasteiger partial charge is 0.335 e. The van der Waals surface area contributed by atoms with Gasteiger partial charge in [-0.15, -0.1) is 0 Å². The summed E-state index contributed by atoms with van der Waals surface area (Å²) in [5, 5.41) is 0. The number of benzene rings is 1. The third kappa shape index (κ3) is 2.20. The Balaban J connectivity index is 2.12. The normalized spacial score (nSPS) is 17.7. The molecule has 0 bridgehead atoms. The van der Waals surface area contributed by atoms with E-state index in [0.717, 1.165) is 24.0 Å². The van der Waals surface area contributed by atoms with Crippen LogP contribution in [0.15, 0.2) is 24.3 Å². The lowest BCUT2D eigenvalue weighted by Crippen LogP contribution is -2.68. The van der Waals surface area contributed by atoms with Gasteiger partial charge in [-0.05, 0) is 24.5 Å². The van der Waals surface area contributed by atoms with Crippen molar-refractivity contribution in [3.8, 4) is 0 Å². The molecule has 0 saturated carbocycles. The van der Waals surface area contributed by atoms with E-state index in [0.29, 0.717) is 13.1 Å². The van der Waals surface area contributed by atoms with E-state index in [1.54, 1.807) is 0 Å². The van der Waals surface area contributed by atoms with Gasteiger partial charge in [0.25, 0.3) is 5.91 Å². The Morgan fingerprint density at radius 3 is 2.59 bits per heavy atom. The number of amides is 1. The molecule has 1 fully saturated rings. The van der Waals surface area contributed by atoms with Crippen molar-refractivity contribution in [1.29, 1.82) is 0 Å². The van der Waals surface area contributed by atoms with Crippen molar-refractivity contribution in [3.05, 3.63) is 35.4 Å². The Bertz CT molecular complexity index is 422. The number of hydrogen-bond donors (Lipinski definition) is 1. The quantitative estimate of drug-likeness (QED) is 0.864. The van der Waals surface area contributed by atoms with Gasteiger partial charge in [-0.2, -0.15) is 0 Å². The molecule has 3 nitrogen and oxygen atoms in total. The van der Waals surface area contributed by atoms with Gasteiger partial charge in [0.15, 0.2) is 0 Å². The van der Waals surface area contributed by atoms with Gasteiger partial charge in [-0.1, -0.05) is 32.0 Å². The number of aryl methyl sites for hydroxylation is 1. The second-order valence-corrected chi connectivity index (χ2v) is 4.89. The number of rotatable bonds is 3. The second kappa shape index (κ2) is 4.49. The number of likely N-dealkylation sites (tertiary alicyclic amines) is 1. The molecule has 3 heteroatoms. The average molecular weight is 232 g/mol. The molecule has 1 saturated heterocycles. The molecule has 0 unspecified atom stereocenters. The summed E-state index contributed by atoms with van der Waals surface area (Å²) in [5.74, 6) is 0.122. The van der Waals surface area contributed by atoms with Gasteiger partial charge >= 0.3 is 0 Å². The average Bonchev–Trinajstić information content (AvgIpc) is 2.34. The highest BCUT2D eigenvalue weighted by atomic mass is 16.2. The smallest absolute Gasteiger partial charge is 0.254 e. The first-order valence-corrected chi connectivity index (χ1v) is 6.25. The molecule has 0 aliphatic carbocycles. The molecular formula is C14H20N2O. The van der Waals surface area contributed by atoms with Crippen molar-refractivity contribution in [2.45, 2.75) is 32.2 Å². The van der Waals surface area contributed by atoms with Gasteiger partial charge in [0.1, 0.15) is 0 Å². The van der Waals surface area contributed by atoms with Crippen LogP contribution in [0.4, 0.5) is 0 Å². The van der Waals surface area contributed by atoms with E-state index in [9.17, 15) is 4.79 Å². The Kier molecular flexibility index (Phi) is 3.20. The number of nitrogens with two attached hydrogens (primary N) is 1. The van der Waals surface area contributed by atoms with E-state index in [2.05, 4.69) is 13.8 Å². The first kappa shape index (κ1) is 12.1.